The number of hydrogen-bond donors (Lipinski definition) is 2. The van der Waals surface area contributed by atoms with Gasteiger partial charge in [-0.05, 0) is 6.42 Å². The zero-order valence-corrected chi connectivity index (χ0v) is 7.73. The van der Waals surface area contributed by atoms with E-state index < -0.39 is 0 Å². The van der Waals surface area contributed by atoms with Gasteiger partial charge in [0.25, 0.3) is 0 Å². The van der Waals surface area contributed by atoms with Crippen LogP contribution in [0.3, 0.4) is 0 Å². The van der Waals surface area contributed by atoms with Gasteiger partial charge in [0.15, 0.2) is 17.0 Å². The average molecular weight is 190 g/mol. The first-order valence-corrected chi connectivity index (χ1v) is 4.25. The minimum atomic E-state index is 0.119. The van der Waals surface area contributed by atoms with Crippen LogP contribution >= 0.6 is 0 Å². The van der Waals surface area contributed by atoms with Crippen LogP contribution in [0.25, 0.3) is 11.2 Å². The molecular weight excluding hydrogens is 180 g/mol. The molecule has 14 heavy (non-hydrogen) atoms. The number of nitrogens with zero attached hydrogens (tertiary/aromatic N) is 4. The maximum Gasteiger partial charge on any atom is 0.224 e. The van der Waals surface area contributed by atoms with Gasteiger partial charge in [-0.25, -0.2) is 9.97 Å². The highest BCUT2D eigenvalue weighted by molar-refractivity contribution is 5.81. The van der Waals surface area contributed by atoms with Crippen molar-refractivity contribution < 1.29 is 0 Å². The molecule has 6 heteroatoms. The number of hydrogen-bond acceptors (Lipinski definition) is 6. The topological polar surface area (TPSA) is 104 Å². The number of fused-ring (bicyclic) bond motifs is 1. The second-order valence-electron chi connectivity index (χ2n) is 2.85. The molecule has 0 saturated carbocycles. The lowest BCUT2D eigenvalue weighted by atomic mass is 10.3. The van der Waals surface area contributed by atoms with E-state index in [1.165, 1.54) is 0 Å². The number of aryl methyl sites for hydroxylation is 1. The van der Waals surface area contributed by atoms with Crippen LogP contribution in [0.1, 0.15) is 12.6 Å². The molecule has 72 valence electrons. The summed E-state index contributed by atoms with van der Waals surface area (Å²) in [5, 5.41) is 0. The molecule has 2 rings (SSSR count). The van der Waals surface area contributed by atoms with E-state index in [9.17, 15) is 0 Å². The Morgan fingerprint density at radius 3 is 2.71 bits per heavy atom. The van der Waals surface area contributed by atoms with Crippen LogP contribution in [-0.2, 0) is 6.42 Å². The fraction of sp³-hybridized carbons (Fsp3) is 0.250. The monoisotopic (exact) mass is 190 g/mol. The predicted octanol–water partition coefficient (Wildman–Crippen LogP) is 0.147. The maximum absolute atomic E-state index is 5.65. The number of aromatic nitrogens is 4. The van der Waals surface area contributed by atoms with Crippen LogP contribution in [0.15, 0.2) is 6.20 Å². The van der Waals surface area contributed by atoms with Crippen LogP contribution < -0.4 is 11.5 Å². The SMILES string of the molecule is CCc1cnc2nc(N)nc(N)c2n1. The maximum atomic E-state index is 5.65. The highest BCUT2D eigenvalue weighted by atomic mass is 15.1. The van der Waals surface area contributed by atoms with Gasteiger partial charge in [0.1, 0.15) is 0 Å². The third-order valence-electron chi connectivity index (χ3n) is 1.86. The van der Waals surface area contributed by atoms with Gasteiger partial charge in [0.05, 0.1) is 11.9 Å². The Bertz CT molecular complexity index is 480. The van der Waals surface area contributed by atoms with Crippen LogP contribution in [0.5, 0.6) is 0 Å². The zero-order chi connectivity index (χ0) is 10.1. The molecule has 4 N–H and O–H groups in total. The van der Waals surface area contributed by atoms with Crippen LogP contribution in [-0.4, -0.2) is 19.9 Å². The summed E-state index contributed by atoms with van der Waals surface area (Å²) >= 11 is 0. The number of anilines is 2. The summed E-state index contributed by atoms with van der Waals surface area (Å²) in [5.41, 5.74) is 12.9. The molecule has 0 spiro atoms. The molecule has 6 nitrogen and oxygen atoms in total. The summed E-state index contributed by atoms with van der Waals surface area (Å²) in [6, 6.07) is 0. The van der Waals surface area contributed by atoms with Crippen molar-refractivity contribution in [2.45, 2.75) is 13.3 Å². The normalized spacial score (nSPS) is 10.6. The number of nitrogens with two attached hydrogens (primary N) is 2. The van der Waals surface area contributed by atoms with Gasteiger partial charge >= 0.3 is 0 Å². The molecule has 0 unspecified atom stereocenters. The third-order valence-corrected chi connectivity index (χ3v) is 1.86. The molecule has 0 radical (unpaired) electrons. The van der Waals surface area contributed by atoms with Crippen molar-refractivity contribution in [2.24, 2.45) is 0 Å². The molecule has 0 aliphatic heterocycles. The Morgan fingerprint density at radius 1 is 1.21 bits per heavy atom. The second-order valence-corrected chi connectivity index (χ2v) is 2.85. The van der Waals surface area contributed by atoms with E-state index in [1.807, 2.05) is 6.92 Å². The lowest BCUT2D eigenvalue weighted by Crippen LogP contribution is -2.04. The van der Waals surface area contributed by atoms with Crippen LogP contribution in [0, 0.1) is 0 Å². The molecule has 2 aromatic heterocycles. The largest absolute Gasteiger partial charge is 0.382 e. The number of rotatable bonds is 1. The van der Waals surface area contributed by atoms with E-state index in [-0.39, 0.29) is 11.8 Å². The molecule has 0 bridgehead atoms. The Hall–Kier alpha value is -1.98. The second kappa shape index (κ2) is 3.06. The van der Waals surface area contributed by atoms with E-state index in [0.29, 0.717) is 11.2 Å². The quantitative estimate of drug-likeness (QED) is 0.663. The fourth-order valence-electron chi connectivity index (χ4n) is 1.15. The van der Waals surface area contributed by atoms with Crippen molar-refractivity contribution in [3.63, 3.8) is 0 Å². The summed E-state index contributed by atoms with van der Waals surface area (Å²) in [5.74, 6) is 0.392. The summed E-state index contributed by atoms with van der Waals surface area (Å²) in [6.45, 7) is 1.99. The zero-order valence-electron chi connectivity index (χ0n) is 7.73. The van der Waals surface area contributed by atoms with Gasteiger partial charge in [0, 0.05) is 0 Å². The molecule has 0 saturated heterocycles. The fourth-order valence-corrected chi connectivity index (χ4v) is 1.15. The van der Waals surface area contributed by atoms with Crippen molar-refractivity contribution in [3.8, 4) is 0 Å². The van der Waals surface area contributed by atoms with Crippen molar-refractivity contribution in [1.29, 1.82) is 0 Å². The Morgan fingerprint density at radius 2 is 2.00 bits per heavy atom. The highest BCUT2D eigenvalue weighted by Crippen LogP contribution is 2.14. The third kappa shape index (κ3) is 1.30. The average Bonchev–Trinajstić information content (AvgIpc) is 2.17. The molecule has 2 aromatic rings. The Balaban J connectivity index is 2.75. The van der Waals surface area contributed by atoms with Gasteiger partial charge < -0.3 is 11.5 Å². The molecule has 2 heterocycles. The van der Waals surface area contributed by atoms with Gasteiger partial charge in [-0.2, -0.15) is 9.97 Å². The lowest BCUT2D eigenvalue weighted by Gasteiger charge is -2.01. The molecule has 0 aliphatic rings. The van der Waals surface area contributed by atoms with E-state index in [4.69, 9.17) is 11.5 Å². The minimum absolute atomic E-state index is 0.119. The number of nitrogen functional groups attached to an aromatic ring is 2. The molecule has 0 atom stereocenters. The van der Waals surface area contributed by atoms with E-state index in [0.717, 1.165) is 12.1 Å². The van der Waals surface area contributed by atoms with Gasteiger partial charge in [-0.15, -0.1) is 0 Å². The molecule has 0 aliphatic carbocycles. The summed E-state index contributed by atoms with van der Waals surface area (Å²) in [6.07, 6.45) is 2.46. The summed E-state index contributed by atoms with van der Waals surface area (Å²) in [7, 11) is 0. The van der Waals surface area contributed by atoms with E-state index >= 15 is 0 Å². The smallest absolute Gasteiger partial charge is 0.224 e. The van der Waals surface area contributed by atoms with Crippen LogP contribution in [0.4, 0.5) is 11.8 Å². The Kier molecular flexibility index (Phi) is 1.88. The minimum Gasteiger partial charge on any atom is -0.382 e. The van der Waals surface area contributed by atoms with E-state index in [2.05, 4.69) is 19.9 Å². The van der Waals surface area contributed by atoms with Crippen LogP contribution in [0.2, 0.25) is 0 Å². The molecule has 0 amide bonds. The molecule has 0 fully saturated rings. The first-order chi connectivity index (χ1) is 6.70. The lowest BCUT2D eigenvalue weighted by molar-refractivity contribution is 1.02. The summed E-state index contributed by atoms with van der Waals surface area (Å²) in [4.78, 5) is 16.1. The van der Waals surface area contributed by atoms with Gasteiger partial charge in [0.2, 0.25) is 5.95 Å². The first kappa shape index (κ1) is 8.61. The van der Waals surface area contributed by atoms with E-state index in [1.54, 1.807) is 6.20 Å². The van der Waals surface area contributed by atoms with Crippen molar-refractivity contribution in [1.82, 2.24) is 19.9 Å². The first-order valence-electron chi connectivity index (χ1n) is 4.25. The predicted molar refractivity (Wildman–Crippen MR) is 53.3 cm³/mol. The Labute approximate surface area is 80.4 Å². The standard InChI is InChI=1S/C8H10N6/c1-2-4-3-11-7-5(12-4)6(9)13-8(10)14-7/h3H,2H2,1H3,(H4,9,10,11,13,14). The van der Waals surface area contributed by atoms with Gasteiger partial charge in [-0.1, -0.05) is 6.92 Å². The molecular formula is C8H10N6. The highest BCUT2D eigenvalue weighted by Gasteiger charge is 2.06. The van der Waals surface area contributed by atoms with Gasteiger partial charge in [-0.3, -0.25) is 0 Å². The van der Waals surface area contributed by atoms with Crippen molar-refractivity contribution in [2.75, 3.05) is 11.5 Å². The summed E-state index contributed by atoms with van der Waals surface area (Å²) < 4.78 is 0. The molecule has 0 aromatic carbocycles. The van der Waals surface area contributed by atoms with Crippen molar-refractivity contribution in [3.05, 3.63) is 11.9 Å². The van der Waals surface area contributed by atoms with Crippen molar-refractivity contribution >= 4 is 22.9 Å².